The fourth-order valence-corrected chi connectivity index (χ4v) is 5.43. The minimum atomic E-state index is -0.170. The van der Waals surface area contributed by atoms with Crippen LogP contribution in [0.4, 0.5) is 0 Å². The van der Waals surface area contributed by atoms with Gasteiger partial charge in [0.15, 0.2) is 0 Å². The lowest BCUT2D eigenvalue weighted by molar-refractivity contribution is -0.112. The molecule has 1 aliphatic rings. The molecule has 1 heterocycles. The zero-order chi connectivity index (χ0) is 23.6. The van der Waals surface area contributed by atoms with Gasteiger partial charge in [-0.2, -0.15) is 5.26 Å². The molecule has 3 rings (SSSR count). The van der Waals surface area contributed by atoms with E-state index in [1.54, 1.807) is 11.3 Å². The third kappa shape index (κ3) is 7.18. The number of nitrogens with one attached hydrogen (secondary N) is 2. The van der Waals surface area contributed by atoms with Crippen LogP contribution in [0.1, 0.15) is 61.4 Å². The number of hydrogen-bond donors (Lipinski definition) is 2. The predicted molar refractivity (Wildman–Crippen MR) is 137 cm³/mol. The molecule has 1 aromatic heterocycles. The lowest BCUT2D eigenvalue weighted by atomic mass is 9.94. The van der Waals surface area contributed by atoms with Gasteiger partial charge in [0.05, 0.1) is 23.5 Å². The lowest BCUT2D eigenvalue weighted by Gasteiger charge is -2.29. The number of rotatable bonds is 11. The maximum absolute atomic E-state index is 12.2. The molecule has 1 aliphatic carbocycles. The Morgan fingerprint density at radius 3 is 2.67 bits per heavy atom. The fourth-order valence-electron chi connectivity index (χ4n) is 4.38. The molecule has 176 valence electrons. The van der Waals surface area contributed by atoms with Gasteiger partial charge in [0, 0.05) is 30.9 Å². The molecular formula is C27H36N4OS. The highest BCUT2D eigenvalue weighted by molar-refractivity contribution is 7.10. The highest BCUT2D eigenvalue weighted by Gasteiger charge is 2.26. The fraction of sp³-hybridized carbons (Fsp3) is 0.481. The average Bonchev–Trinajstić information content (AvgIpc) is 3.17. The maximum Gasteiger partial charge on any atom is 0.125 e. The number of aldehydes is 1. The summed E-state index contributed by atoms with van der Waals surface area (Å²) in [5.41, 5.74) is 2.72. The molecule has 0 amide bonds. The third-order valence-electron chi connectivity index (χ3n) is 6.48. The molecule has 2 N–H and O–H groups in total. The Kier molecular flexibility index (Phi) is 9.53. The molecule has 5 nitrogen and oxygen atoms in total. The summed E-state index contributed by atoms with van der Waals surface area (Å²) in [6.07, 6.45) is 9.61. The van der Waals surface area contributed by atoms with Crippen molar-refractivity contribution in [1.82, 2.24) is 15.5 Å². The van der Waals surface area contributed by atoms with Gasteiger partial charge >= 0.3 is 0 Å². The number of hydrogen-bond acceptors (Lipinski definition) is 6. The molecule has 2 unspecified atom stereocenters. The average molecular weight is 465 g/mol. The highest BCUT2D eigenvalue weighted by Crippen LogP contribution is 2.34. The normalized spacial score (nSPS) is 16.3. The second-order valence-corrected chi connectivity index (χ2v) is 10.1. The number of nitrogens with zero attached hydrogens (tertiary/aromatic N) is 2. The van der Waals surface area contributed by atoms with Crippen LogP contribution in [0.2, 0.25) is 0 Å². The number of thiophene rings is 1. The molecule has 1 aromatic carbocycles. The molecule has 33 heavy (non-hydrogen) atoms. The zero-order valence-electron chi connectivity index (χ0n) is 19.8. The zero-order valence-corrected chi connectivity index (χ0v) is 20.7. The van der Waals surface area contributed by atoms with E-state index >= 15 is 0 Å². The van der Waals surface area contributed by atoms with E-state index in [0.717, 1.165) is 41.1 Å². The van der Waals surface area contributed by atoms with Crippen molar-refractivity contribution in [2.24, 2.45) is 5.92 Å². The van der Waals surface area contributed by atoms with E-state index in [9.17, 15) is 10.1 Å². The van der Waals surface area contributed by atoms with Gasteiger partial charge in [-0.1, -0.05) is 44.4 Å². The van der Waals surface area contributed by atoms with Gasteiger partial charge in [-0.25, -0.2) is 0 Å². The van der Waals surface area contributed by atoms with E-state index in [0.29, 0.717) is 11.6 Å². The number of benzene rings is 1. The number of carbonyl (C=O) groups is 1. The van der Waals surface area contributed by atoms with Gasteiger partial charge in [0.25, 0.3) is 0 Å². The Bertz CT molecular complexity index is 953. The molecule has 0 radical (unpaired) electrons. The van der Waals surface area contributed by atoms with Crippen LogP contribution in [-0.2, 0) is 4.79 Å². The molecule has 0 bridgehead atoms. The van der Waals surface area contributed by atoms with Crippen LogP contribution in [-0.4, -0.2) is 37.9 Å². The molecular weight excluding hydrogens is 428 g/mol. The van der Waals surface area contributed by atoms with E-state index in [1.165, 1.54) is 38.5 Å². The van der Waals surface area contributed by atoms with Crippen molar-refractivity contribution in [3.63, 3.8) is 0 Å². The smallest absolute Gasteiger partial charge is 0.125 e. The van der Waals surface area contributed by atoms with E-state index in [2.05, 4.69) is 34.7 Å². The molecule has 0 spiro atoms. The summed E-state index contributed by atoms with van der Waals surface area (Å²) in [7, 11) is 3.90. The Morgan fingerprint density at radius 1 is 1.24 bits per heavy atom. The Morgan fingerprint density at radius 2 is 2.00 bits per heavy atom. The van der Waals surface area contributed by atoms with Gasteiger partial charge in [0.1, 0.15) is 6.29 Å². The molecule has 2 aromatic rings. The monoisotopic (exact) mass is 464 g/mol. The largest absolute Gasteiger partial charge is 0.365 e. The van der Waals surface area contributed by atoms with E-state index in [-0.39, 0.29) is 12.0 Å². The molecule has 1 saturated carbocycles. The van der Waals surface area contributed by atoms with E-state index in [4.69, 9.17) is 0 Å². The molecule has 2 atom stereocenters. The van der Waals surface area contributed by atoms with Crippen LogP contribution >= 0.6 is 11.3 Å². The van der Waals surface area contributed by atoms with Crippen molar-refractivity contribution < 1.29 is 4.79 Å². The first-order valence-corrected chi connectivity index (χ1v) is 12.8. The van der Waals surface area contributed by atoms with Crippen LogP contribution in [0.25, 0.3) is 11.1 Å². The van der Waals surface area contributed by atoms with Gasteiger partial charge in [0.2, 0.25) is 0 Å². The second kappa shape index (κ2) is 12.6. The van der Waals surface area contributed by atoms with Crippen molar-refractivity contribution in [3.05, 3.63) is 58.6 Å². The third-order valence-corrected chi connectivity index (χ3v) is 7.50. The first-order chi connectivity index (χ1) is 16.0. The number of carbonyl (C=O) groups excluding carboxylic acids is 1. The summed E-state index contributed by atoms with van der Waals surface area (Å²) in [6, 6.07) is 12.4. The minimum absolute atomic E-state index is 0.147. The number of nitriles is 1. The van der Waals surface area contributed by atoms with Crippen molar-refractivity contribution in [2.75, 3.05) is 20.6 Å². The summed E-state index contributed by atoms with van der Waals surface area (Å²) in [5.74, 6) is 0.613. The summed E-state index contributed by atoms with van der Waals surface area (Å²) >= 11 is 1.64. The molecule has 0 saturated heterocycles. The standard InChI is InChI=1S/C27H36N4OS/c1-20(31(2)3)30-27(23(18-32)13-14-29-25-11-6-4-5-7-12-25)26-16-24(19-33-26)22-10-8-9-21(15-22)17-28/h8-10,15-16,18-19,23,25,27,29-30H,1,4-7,11-14H2,2-3H3. The Balaban J connectivity index is 1.75. The summed E-state index contributed by atoms with van der Waals surface area (Å²) in [6.45, 7) is 4.98. The molecule has 1 fully saturated rings. The topological polar surface area (TPSA) is 68.2 Å². The first kappa shape index (κ1) is 25.0. The summed E-state index contributed by atoms with van der Waals surface area (Å²) in [4.78, 5) is 15.3. The van der Waals surface area contributed by atoms with Crippen molar-refractivity contribution in [3.8, 4) is 17.2 Å². The van der Waals surface area contributed by atoms with Crippen LogP contribution in [0.15, 0.2) is 48.1 Å². The quantitative estimate of drug-likeness (QED) is 0.341. The summed E-state index contributed by atoms with van der Waals surface area (Å²) < 4.78 is 0. The van der Waals surface area contributed by atoms with Crippen molar-refractivity contribution in [1.29, 1.82) is 5.26 Å². The van der Waals surface area contributed by atoms with E-state index in [1.807, 2.05) is 43.3 Å². The first-order valence-electron chi connectivity index (χ1n) is 11.9. The van der Waals surface area contributed by atoms with Gasteiger partial charge < -0.3 is 20.3 Å². The van der Waals surface area contributed by atoms with Crippen molar-refractivity contribution >= 4 is 17.6 Å². The Hall–Kier alpha value is -2.62. The molecule has 6 heteroatoms. The van der Waals surface area contributed by atoms with Crippen molar-refractivity contribution in [2.45, 2.75) is 57.0 Å². The van der Waals surface area contributed by atoms with Crippen LogP contribution in [0.5, 0.6) is 0 Å². The molecule has 0 aliphatic heterocycles. The van der Waals surface area contributed by atoms with Crippen LogP contribution in [0.3, 0.4) is 0 Å². The Labute approximate surface area is 202 Å². The lowest BCUT2D eigenvalue weighted by Crippen LogP contribution is -2.36. The summed E-state index contributed by atoms with van der Waals surface area (Å²) in [5, 5.41) is 18.5. The minimum Gasteiger partial charge on any atom is -0.365 e. The van der Waals surface area contributed by atoms with Crippen LogP contribution in [0, 0.1) is 17.2 Å². The second-order valence-electron chi connectivity index (χ2n) is 9.12. The van der Waals surface area contributed by atoms with Gasteiger partial charge in [-0.05, 0) is 60.5 Å². The maximum atomic E-state index is 12.2. The SMILES string of the molecule is C=C(NC(c1cc(-c2cccc(C#N)c2)cs1)C(C=O)CCNC1CCCCCC1)N(C)C. The van der Waals surface area contributed by atoms with E-state index < -0.39 is 0 Å². The predicted octanol–water partition coefficient (Wildman–Crippen LogP) is 5.47. The highest BCUT2D eigenvalue weighted by atomic mass is 32.1. The van der Waals surface area contributed by atoms with Gasteiger partial charge in [-0.15, -0.1) is 11.3 Å². The van der Waals surface area contributed by atoms with Gasteiger partial charge in [-0.3, -0.25) is 0 Å². The van der Waals surface area contributed by atoms with Crippen LogP contribution < -0.4 is 10.6 Å².